The number of carbonyl (C=O) groups is 1. The number of aryl methyl sites for hydroxylation is 2. The molecule has 1 amide bonds. The van der Waals surface area contributed by atoms with E-state index in [-0.39, 0.29) is 18.0 Å². The van der Waals surface area contributed by atoms with Crippen LogP contribution < -0.4 is 15.6 Å². The van der Waals surface area contributed by atoms with E-state index in [0.717, 1.165) is 27.6 Å². The summed E-state index contributed by atoms with van der Waals surface area (Å²) in [6, 6.07) is 9.51. The smallest absolute Gasteiger partial charge is 0.271 e. The van der Waals surface area contributed by atoms with Gasteiger partial charge in [0.2, 0.25) is 5.91 Å². The van der Waals surface area contributed by atoms with Gasteiger partial charge >= 0.3 is 0 Å². The van der Waals surface area contributed by atoms with E-state index in [2.05, 4.69) is 15.4 Å². The highest BCUT2D eigenvalue weighted by Crippen LogP contribution is 2.31. The fraction of sp³-hybridized carbons (Fsp3) is 0.238. The summed E-state index contributed by atoms with van der Waals surface area (Å²) >= 11 is 1.36. The number of benzene rings is 1. The van der Waals surface area contributed by atoms with Gasteiger partial charge in [0.15, 0.2) is 0 Å². The lowest BCUT2D eigenvalue weighted by Crippen LogP contribution is -2.27. The first-order valence-corrected chi connectivity index (χ1v) is 10.1. The summed E-state index contributed by atoms with van der Waals surface area (Å²) in [6.07, 6.45) is 1.41. The molecule has 0 radical (unpaired) electrons. The van der Waals surface area contributed by atoms with Crippen molar-refractivity contribution in [2.45, 2.75) is 20.4 Å². The predicted molar refractivity (Wildman–Crippen MR) is 117 cm³/mol. The van der Waals surface area contributed by atoms with Crippen molar-refractivity contribution in [3.05, 3.63) is 58.4 Å². The Kier molecular flexibility index (Phi) is 5.13. The van der Waals surface area contributed by atoms with Crippen LogP contribution in [0, 0.1) is 13.8 Å². The molecule has 4 rings (SSSR count). The molecule has 0 saturated carbocycles. The van der Waals surface area contributed by atoms with Gasteiger partial charge < -0.3 is 10.1 Å². The third-order valence-corrected chi connectivity index (χ3v) is 6.13. The van der Waals surface area contributed by atoms with Crippen LogP contribution in [-0.2, 0) is 18.4 Å². The fourth-order valence-corrected chi connectivity index (χ4v) is 4.31. The molecule has 0 aliphatic carbocycles. The first-order valence-electron chi connectivity index (χ1n) is 9.31. The second-order valence-electron chi connectivity index (χ2n) is 6.95. The monoisotopic (exact) mass is 423 g/mol. The van der Waals surface area contributed by atoms with Gasteiger partial charge in [0.05, 0.1) is 36.0 Å². The predicted octanol–water partition coefficient (Wildman–Crippen LogP) is 3.12. The molecule has 1 N–H and O–H groups in total. The molecule has 154 valence electrons. The van der Waals surface area contributed by atoms with Crippen LogP contribution in [-0.4, -0.2) is 32.3 Å². The van der Waals surface area contributed by atoms with E-state index in [1.165, 1.54) is 22.2 Å². The minimum absolute atomic E-state index is 0.120. The first kappa shape index (κ1) is 19.8. The fourth-order valence-electron chi connectivity index (χ4n) is 3.24. The van der Waals surface area contributed by atoms with E-state index in [1.54, 1.807) is 11.8 Å². The molecule has 3 heterocycles. The SMILES string of the molecule is COc1ccc(-c2cc3ncn(CC(=O)Nc4c(C)nn(C)c4C)c(=O)c3s2)cc1. The molecule has 3 aromatic heterocycles. The van der Waals surface area contributed by atoms with Crippen molar-refractivity contribution in [1.29, 1.82) is 0 Å². The summed E-state index contributed by atoms with van der Waals surface area (Å²) < 4.78 is 8.74. The number of anilines is 1. The Hall–Kier alpha value is -3.46. The quantitative estimate of drug-likeness (QED) is 0.533. The summed E-state index contributed by atoms with van der Waals surface area (Å²) in [5, 5.41) is 7.13. The molecule has 4 aromatic rings. The largest absolute Gasteiger partial charge is 0.497 e. The molecule has 0 saturated heterocycles. The lowest BCUT2D eigenvalue weighted by molar-refractivity contribution is -0.116. The topological polar surface area (TPSA) is 91.0 Å². The van der Waals surface area contributed by atoms with E-state index in [1.807, 2.05) is 51.2 Å². The van der Waals surface area contributed by atoms with Gasteiger partial charge in [-0.3, -0.25) is 18.8 Å². The van der Waals surface area contributed by atoms with Gasteiger partial charge in [-0.25, -0.2) is 4.98 Å². The van der Waals surface area contributed by atoms with Gasteiger partial charge in [0, 0.05) is 11.9 Å². The summed E-state index contributed by atoms with van der Waals surface area (Å²) in [7, 11) is 3.44. The maximum Gasteiger partial charge on any atom is 0.271 e. The normalized spacial score (nSPS) is 11.1. The summed E-state index contributed by atoms with van der Waals surface area (Å²) in [4.78, 5) is 30.7. The number of fused-ring (bicyclic) bond motifs is 1. The van der Waals surface area contributed by atoms with Crippen molar-refractivity contribution in [2.24, 2.45) is 7.05 Å². The van der Waals surface area contributed by atoms with Gasteiger partial charge in [-0.05, 0) is 49.7 Å². The summed E-state index contributed by atoms with van der Waals surface area (Å²) in [6.45, 7) is 3.59. The van der Waals surface area contributed by atoms with Gasteiger partial charge in [-0.15, -0.1) is 11.3 Å². The Morgan fingerprint density at radius 2 is 1.97 bits per heavy atom. The average molecular weight is 423 g/mol. The van der Waals surface area contributed by atoms with Crippen molar-refractivity contribution in [2.75, 3.05) is 12.4 Å². The zero-order chi connectivity index (χ0) is 21.4. The van der Waals surface area contributed by atoms with Crippen LogP contribution in [0.15, 0.2) is 41.5 Å². The molecular formula is C21H21N5O3S. The van der Waals surface area contributed by atoms with Crippen molar-refractivity contribution >= 4 is 33.1 Å². The van der Waals surface area contributed by atoms with Crippen LogP contribution >= 0.6 is 11.3 Å². The lowest BCUT2D eigenvalue weighted by atomic mass is 10.2. The number of hydrogen-bond acceptors (Lipinski definition) is 6. The second-order valence-corrected chi connectivity index (χ2v) is 8.00. The van der Waals surface area contributed by atoms with Gasteiger partial charge in [-0.1, -0.05) is 0 Å². The molecule has 0 fully saturated rings. The number of nitrogens with one attached hydrogen (secondary N) is 1. The highest BCUT2D eigenvalue weighted by Gasteiger charge is 2.15. The third kappa shape index (κ3) is 3.59. The Labute approximate surface area is 176 Å². The maximum atomic E-state index is 12.9. The Balaban J connectivity index is 1.60. The Bertz CT molecular complexity index is 1300. The zero-order valence-corrected chi connectivity index (χ0v) is 17.9. The molecule has 0 bridgehead atoms. The maximum absolute atomic E-state index is 12.9. The number of methoxy groups -OCH3 is 1. The lowest BCUT2D eigenvalue weighted by Gasteiger charge is -2.07. The molecule has 0 spiro atoms. The molecule has 8 nitrogen and oxygen atoms in total. The number of carbonyl (C=O) groups excluding carboxylic acids is 1. The van der Waals surface area contributed by atoms with Gasteiger partial charge in [0.25, 0.3) is 5.56 Å². The average Bonchev–Trinajstić information content (AvgIpc) is 3.27. The van der Waals surface area contributed by atoms with Crippen LogP contribution in [0.25, 0.3) is 20.7 Å². The number of nitrogens with zero attached hydrogens (tertiary/aromatic N) is 4. The van der Waals surface area contributed by atoms with E-state index in [9.17, 15) is 9.59 Å². The Morgan fingerprint density at radius 3 is 2.60 bits per heavy atom. The summed E-state index contributed by atoms with van der Waals surface area (Å²) in [5.74, 6) is 0.467. The van der Waals surface area contributed by atoms with Crippen molar-refractivity contribution in [3.8, 4) is 16.2 Å². The molecule has 0 atom stereocenters. The van der Waals surface area contributed by atoms with Gasteiger partial charge in [0.1, 0.15) is 17.0 Å². The van der Waals surface area contributed by atoms with Crippen molar-refractivity contribution < 1.29 is 9.53 Å². The van der Waals surface area contributed by atoms with Crippen molar-refractivity contribution in [1.82, 2.24) is 19.3 Å². The molecule has 0 unspecified atom stereocenters. The highest BCUT2D eigenvalue weighted by molar-refractivity contribution is 7.22. The van der Waals surface area contributed by atoms with Crippen LogP contribution in [0.4, 0.5) is 5.69 Å². The van der Waals surface area contributed by atoms with E-state index in [4.69, 9.17) is 4.74 Å². The number of aromatic nitrogens is 4. The summed E-state index contributed by atoms with van der Waals surface area (Å²) in [5.41, 5.74) is 3.61. The molecule has 30 heavy (non-hydrogen) atoms. The van der Waals surface area contributed by atoms with E-state index < -0.39 is 0 Å². The molecule has 0 aliphatic rings. The zero-order valence-electron chi connectivity index (χ0n) is 17.1. The molecule has 9 heteroatoms. The van der Waals surface area contributed by atoms with Crippen LogP contribution in [0.1, 0.15) is 11.4 Å². The molecular weight excluding hydrogens is 402 g/mol. The first-order chi connectivity index (χ1) is 14.4. The van der Waals surface area contributed by atoms with Crippen LogP contribution in [0.5, 0.6) is 5.75 Å². The standard InChI is InChI=1S/C21H21N5O3S/c1-12-19(13(2)25(3)24-12)23-18(27)10-26-11-22-16-9-17(30-20(16)21(26)28)14-5-7-15(29-4)8-6-14/h5-9,11H,10H2,1-4H3,(H,23,27). The van der Waals surface area contributed by atoms with Crippen molar-refractivity contribution in [3.63, 3.8) is 0 Å². The Morgan fingerprint density at radius 1 is 1.23 bits per heavy atom. The second kappa shape index (κ2) is 7.75. The van der Waals surface area contributed by atoms with E-state index in [0.29, 0.717) is 15.9 Å². The highest BCUT2D eigenvalue weighted by atomic mass is 32.1. The number of amides is 1. The minimum atomic E-state index is -0.301. The van der Waals surface area contributed by atoms with Crippen LogP contribution in [0.3, 0.4) is 0 Å². The number of hydrogen-bond donors (Lipinski definition) is 1. The number of thiophene rings is 1. The van der Waals surface area contributed by atoms with Crippen LogP contribution in [0.2, 0.25) is 0 Å². The molecule has 0 aliphatic heterocycles. The van der Waals surface area contributed by atoms with Gasteiger partial charge in [-0.2, -0.15) is 5.10 Å². The minimum Gasteiger partial charge on any atom is -0.497 e. The number of rotatable bonds is 5. The molecule has 1 aromatic carbocycles. The number of ether oxygens (including phenoxy) is 1. The third-order valence-electron chi connectivity index (χ3n) is 4.97. The van der Waals surface area contributed by atoms with E-state index >= 15 is 0 Å².